The molecule has 0 saturated carbocycles. The molecule has 0 aromatic carbocycles. The van der Waals surface area contributed by atoms with Gasteiger partial charge >= 0.3 is 0 Å². The van der Waals surface area contributed by atoms with Crippen molar-refractivity contribution in [1.29, 1.82) is 0 Å². The summed E-state index contributed by atoms with van der Waals surface area (Å²) in [4.78, 5) is 5.13. The lowest BCUT2D eigenvalue weighted by Gasteiger charge is -1.90. The van der Waals surface area contributed by atoms with Gasteiger partial charge in [-0.3, -0.25) is 0 Å². The molecular formula is C7H6ClN3S3. The van der Waals surface area contributed by atoms with Crippen molar-refractivity contribution in [2.24, 2.45) is 0 Å². The van der Waals surface area contributed by atoms with E-state index in [-0.39, 0.29) is 0 Å². The van der Waals surface area contributed by atoms with E-state index in [2.05, 4.69) is 15.2 Å². The lowest BCUT2D eigenvalue weighted by Crippen LogP contribution is -1.74. The van der Waals surface area contributed by atoms with Gasteiger partial charge in [0.25, 0.3) is 0 Å². The minimum Gasteiger partial charge on any atom is -0.233 e. The fourth-order valence-corrected chi connectivity index (χ4v) is 3.63. The van der Waals surface area contributed by atoms with E-state index in [1.807, 2.05) is 6.92 Å². The van der Waals surface area contributed by atoms with Gasteiger partial charge in [-0.15, -0.1) is 21.5 Å². The zero-order valence-corrected chi connectivity index (χ0v) is 10.4. The zero-order valence-electron chi connectivity index (χ0n) is 7.23. The first-order valence-electron chi connectivity index (χ1n) is 3.77. The summed E-state index contributed by atoms with van der Waals surface area (Å²) in [5.74, 6) is 0.860. The second kappa shape index (κ2) is 4.57. The number of rotatable bonds is 3. The molecule has 7 heteroatoms. The molecule has 0 fully saturated rings. The van der Waals surface area contributed by atoms with Crippen LogP contribution in [0.2, 0.25) is 4.47 Å². The second-order valence-electron chi connectivity index (χ2n) is 2.46. The van der Waals surface area contributed by atoms with Gasteiger partial charge in [-0.05, 0) is 6.92 Å². The second-order valence-corrected chi connectivity index (χ2v) is 6.56. The van der Waals surface area contributed by atoms with E-state index in [0.29, 0.717) is 4.47 Å². The third-order valence-corrected chi connectivity index (χ3v) is 4.69. The zero-order chi connectivity index (χ0) is 9.97. The number of aryl methyl sites for hydroxylation is 1. The van der Waals surface area contributed by atoms with Crippen LogP contribution < -0.4 is 0 Å². The molecule has 0 aliphatic heterocycles. The van der Waals surface area contributed by atoms with Crippen LogP contribution in [0.1, 0.15) is 9.88 Å². The maximum absolute atomic E-state index is 5.72. The quantitative estimate of drug-likeness (QED) is 0.797. The van der Waals surface area contributed by atoms with Crippen molar-refractivity contribution >= 4 is 46.0 Å². The third kappa shape index (κ3) is 2.66. The first-order valence-corrected chi connectivity index (χ1v) is 6.77. The first-order chi connectivity index (χ1) is 6.74. The molecule has 2 aromatic rings. The molecular weight excluding hydrogens is 258 g/mol. The maximum Gasteiger partial charge on any atom is 0.183 e. The van der Waals surface area contributed by atoms with Crippen LogP contribution in [0.5, 0.6) is 0 Å². The van der Waals surface area contributed by atoms with Crippen molar-refractivity contribution in [3.05, 3.63) is 20.5 Å². The standard InChI is InChI=1S/C7H6ClN3S3/c1-4-10-11-7(13-4)12-3-5-2-9-6(8)14-5/h2H,3H2,1H3. The molecule has 0 unspecified atom stereocenters. The van der Waals surface area contributed by atoms with Gasteiger partial charge in [0.1, 0.15) is 5.01 Å². The molecule has 2 aromatic heterocycles. The molecule has 0 radical (unpaired) electrons. The Hall–Kier alpha value is -0.170. The van der Waals surface area contributed by atoms with Gasteiger partial charge in [-0.25, -0.2) is 4.98 Å². The van der Waals surface area contributed by atoms with Gasteiger partial charge in [0.05, 0.1) is 0 Å². The third-order valence-electron chi connectivity index (χ3n) is 1.37. The number of thiazole rings is 1. The molecule has 0 spiro atoms. The van der Waals surface area contributed by atoms with Crippen LogP contribution in [0.3, 0.4) is 0 Å². The van der Waals surface area contributed by atoms with E-state index < -0.39 is 0 Å². The Balaban J connectivity index is 1.94. The van der Waals surface area contributed by atoms with E-state index in [1.54, 1.807) is 29.3 Å². The van der Waals surface area contributed by atoms with Gasteiger partial charge in [-0.2, -0.15) is 0 Å². The van der Waals surface area contributed by atoms with E-state index in [1.165, 1.54) is 11.3 Å². The molecule has 0 aliphatic carbocycles. The Morgan fingerprint density at radius 2 is 2.29 bits per heavy atom. The fourth-order valence-electron chi connectivity index (χ4n) is 0.820. The summed E-state index contributed by atoms with van der Waals surface area (Å²) in [5, 5.41) is 8.96. The van der Waals surface area contributed by atoms with Crippen LogP contribution in [-0.4, -0.2) is 15.2 Å². The highest BCUT2D eigenvalue weighted by molar-refractivity contribution is 8.00. The largest absolute Gasteiger partial charge is 0.233 e. The van der Waals surface area contributed by atoms with Crippen LogP contribution in [-0.2, 0) is 5.75 Å². The minimum absolute atomic E-state index is 0.592. The number of hydrogen-bond acceptors (Lipinski definition) is 6. The summed E-state index contributed by atoms with van der Waals surface area (Å²) >= 11 is 10.5. The predicted octanol–water partition coefficient (Wildman–Crippen LogP) is 3.25. The number of halogens is 1. The van der Waals surface area contributed by atoms with Gasteiger partial charge in [-0.1, -0.05) is 34.7 Å². The maximum atomic E-state index is 5.72. The number of nitrogens with zero attached hydrogens (tertiary/aromatic N) is 3. The summed E-state index contributed by atoms with van der Waals surface area (Å²) in [7, 11) is 0. The summed E-state index contributed by atoms with van der Waals surface area (Å²) in [6.07, 6.45) is 1.80. The molecule has 3 nitrogen and oxygen atoms in total. The number of thioether (sulfide) groups is 1. The van der Waals surface area contributed by atoms with Crippen LogP contribution >= 0.6 is 46.0 Å². The molecule has 0 amide bonds. The summed E-state index contributed by atoms with van der Waals surface area (Å²) in [5.41, 5.74) is 0. The molecule has 0 atom stereocenters. The van der Waals surface area contributed by atoms with Gasteiger partial charge in [0, 0.05) is 16.8 Å². The highest BCUT2D eigenvalue weighted by Gasteiger charge is 2.04. The van der Waals surface area contributed by atoms with Crippen molar-refractivity contribution < 1.29 is 0 Å². The Morgan fingerprint density at radius 3 is 2.86 bits per heavy atom. The Morgan fingerprint density at radius 1 is 1.43 bits per heavy atom. The van der Waals surface area contributed by atoms with Crippen LogP contribution in [0.4, 0.5) is 0 Å². The average molecular weight is 264 g/mol. The molecule has 14 heavy (non-hydrogen) atoms. The number of hydrogen-bond donors (Lipinski definition) is 0. The van der Waals surface area contributed by atoms with E-state index in [4.69, 9.17) is 11.6 Å². The van der Waals surface area contributed by atoms with E-state index in [0.717, 1.165) is 20.0 Å². The number of aromatic nitrogens is 3. The van der Waals surface area contributed by atoms with E-state index in [9.17, 15) is 0 Å². The fraction of sp³-hybridized carbons (Fsp3) is 0.286. The molecule has 74 valence electrons. The summed E-state index contributed by atoms with van der Waals surface area (Å²) < 4.78 is 1.58. The van der Waals surface area contributed by atoms with Gasteiger partial charge < -0.3 is 0 Å². The normalized spacial score (nSPS) is 10.7. The average Bonchev–Trinajstić information content (AvgIpc) is 2.72. The van der Waals surface area contributed by atoms with Crippen molar-refractivity contribution in [2.75, 3.05) is 0 Å². The van der Waals surface area contributed by atoms with Gasteiger partial charge in [0.15, 0.2) is 8.81 Å². The molecule has 0 aliphatic rings. The Labute approximate surface area is 98.6 Å². The van der Waals surface area contributed by atoms with Crippen molar-refractivity contribution in [1.82, 2.24) is 15.2 Å². The SMILES string of the molecule is Cc1nnc(SCc2cnc(Cl)s2)s1. The van der Waals surface area contributed by atoms with Crippen LogP contribution in [0, 0.1) is 6.92 Å². The lowest BCUT2D eigenvalue weighted by molar-refractivity contribution is 0.984. The smallest absolute Gasteiger partial charge is 0.183 e. The topological polar surface area (TPSA) is 38.7 Å². The summed E-state index contributed by atoms with van der Waals surface area (Å²) in [6.45, 7) is 1.95. The van der Waals surface area contributed by atoms with Gasteiger partial charge in [0.2, 0.25) is 0 Å². The van der Waals surface area contributed by atoms with Crippen LogP contribution in [0.25, 0.3) is 0 Å². The molecule has 2 heterocycles. The highest BCUT2D eigenvalue weighted by Crippen LogP contribution is 2.28. The van der Waals surface area contributed by atoms with Crippen molar-refractivity contribution in [3.8, 4) is 0 Å². The highest BCUT2D eigenvalue weighted by atomic mass is 35.5. The molecule has 0 saturated heterocycles. The Bertz CT molecular complexity index is 385. The summed E-state index contributed by atoms with van der Waals surface area (Å²) in [6, 6.07) is 0. The Kier molecular flexibility index (Phi) is 3.38. The van der Waals surface area contributed by atoms with Crippen molar-refractivity contribution in [3.63, 3.8) is 0 Å². The monoisotopic (exact) mass is 263 g/mol. The lowest BCUT2D eigenvalue weighted by atomic mass is 10.6. The molecule has 0 N–H and O–H groups in total. The van der Waals surface area contributed by atoms with E-state index >= 15 is 0 Å². The van der Waals surface area contributed by atoms with Crippen LogP contribution in [0.15, 0.2) is 10.5 Å². The minimum atomic E-state index is 0.592. The molecule has 0 bridgehead atoms. The molecule has 2 rings (SSSR count). The van der Waals surface area contributed by atoms with Crippen molar-refractivity contribution in [2.45, 2.75) is 17.0 Å². The first kappa shape index (κ1) is 10.4. The predicted molar refractivity (Wildman–Crippen MR) is 61.3 cm³/mol.